The van der Waals surface area contributed by atoms with E-state index in [-0.39, 0.29) is 17.4 Å². The van der Waals surface area contributed by atoms with E-state index in [0.717, 1.165) is 37.3 Å². The van der Waals surface area contributed by atoms with E-state index in [1.807, 2.05) is 24.0 Å². The van der Waals surface area contributed by atoms with Crippen molar-refractivity contribution in [2.24, 2.45) is 11.8 Å². The molecule has 4 rings (SSSR count). The number of amides is 1. The Hall–Kier alpha value is -1.73. The minimum atomic E-state index is -0.355. The molecule has 2 aliphatic heterocycles. The molecule has 0 aromatic carbocycles. The van der Waals surface area contributed by atoms with Crippen molar-refractivity contribution in [1.82, 2.24) is 15.1 Å². The lowest BCUT2D eigenvalue weighted by atomic mass is 9.94. The molecule has 1 N–H and O–H groups in total. The second-order valence-electron chi connectivity index (χ2n) is 7.59. The maximum Gasteiger partial charge on any atom is 0.225 e. The summed E-state index contributed by atoms with van der Waals surface area (Å²) in [6.07, 6.45) is 2.97. The molecular weight excluding hydrogens is 320 g/mol. The molecule has 1 aliphatic carbocycles. The molecule has 3 aliphatic rings. The molecule has 3 heterocycles. The lowest BCUT2D eigenvalue weighted by Crippen LogP contribution is -2.46. The first-order valence-corrected chi connectivity index (χ1v) is 9.18. The number of hydrogen-bond donors (Lipinski definition) is 1. The summed E-state index contributed by atoms with van der Waals surface area (Å²) in [5, 5.41) is 11.5. The van der Waals surface area contributed by atoms with Gasteiger partial charge in [0.15, 0.2) is 0 Å². The number of carbonyl (C=O) groups is 1. The van der Waals surface area contributed by atoms with Gasteiger partial charge in [-0.25, -0.2) is 0 Å². The van der Waals surface area contributed by atoms with E-state index in [2.05, 4.69) is 15.5 Å². The summed E-state index contributed by atoms with van der Waals surface area (Å²) in [6.45, 7) is 5.91. The molecule has 2 saturated heterocycles. The predicted molar refractivity (Wildman–Crippen MR) is 92.2 cm³/mol. The lowest BCUT2D eigenvalue weighted by molar-refractivity contribution is -0.135. The van der Waals surface area contributed by atoms with Crippen LogP contribution in [0, 0.1) is 18.8 Å². The Bertz CT molecular complexity index is 619. The van der Waals surface area contributed by atoms with Crippen molar-refractivity contribution in [2.45, 2.75) is 31.8 Å². The van der Waals surface area contributed by atoms with Gasteiger partial charge in [-0.05, 0) is 38.3 Å². The van der Waals surface area contributed by atoms with Crippen molar-refractivity contribution in [2.75, 3.05) is 44.8 Å². The number of nitrogens with one attached hydrogen (secondary N) is 1. The van der Waals surface area contributed by atoms with Gasteiger partial charge in [-0.1, -0.05) is 0 Å². The highest BCUT2D eigenvalue weighted by molar-refractivity contribution is 5.81. The van der Waals surface area contributed by atoms with Gasteiger partial charge in [0.05, 0.1) is 32.1 Å². The zero-order valence-corrected chi connectivity index (χ0v) is 14.7. The fourth-order valence-electron chi connectivity index (χ4n) is 3.70. The van der Waals surface area contributed by atoms with Crippen molar-refractivity contribution >= 4 is 11.7 Å². The Kier molecular flexibility index (Phi) is 4.60. The van der Waals surface area contributed by atoms with E-state index in [1.165, 1.54) is 0 Å². The molecule has 7 heteroatoms. The molecule has 1 saturated carbocycles. The van der Waals surface area contributed by atoms with E-state index >= 15 is 0 Å². The molecule has 1 aromatic rings. The van der Waals surface area contributed by atoms with Crippen molar-refractivity contribution in [3.05, 3.63) is 17.8 Å². The number of aromatic nitrogens is 2. The maximum absolute atomic E-state index is 12.5. The van der Waals surface area contributed by atoms with E-state index in [1.54, 1.807) is 0 Å². The Morgan fingerprint density at radius 3 is 3.04 bits per heavy atom. The van der Waals surface area contributed by atoms with Gasteiger partial charge in [-0.3, -0.25) is 4.79 Å². The van der Waals surface area contributed by atoms with E-state index in [0.29, 0.717) is 38.8 Å². The van der Waals surface area contributed by atoms with Crippen LogP contribution in [0.4, 0.5) is 5.82 Å². The molecule has 1 spiro atoms. The fraction of sp³-hybridized carbons (Fsp3) is 0.722. The average Bonchev–Trinajstić information content (AvgIpc) is 3.41. The highest BCUT2D eigenvalue weighted by Crippen LogP contribution is 2.36. The fourth-order valence-corrected chi connectivity index (χ4v) is 3.70. The van der Waals surface area contributed by atoms with Crippen LogP contribution in [0.1, 0.15) is 25.0 Å². The highest BCUT2D eigenvalue weighted by atomic mass is 16.5. The van der Waals surface area contributed by atoms with Crippen LogP contribution in [0.5, 0.6) is 0 Å². The third kappa shape index (κ3) is 3.93. The van der Waals surface area contributed by atoms with Crippen molar-refractivity contribution in [3.63, 3.8) is 0 Å². The Balaban J connectivity index is 1.34. The van der Waals surface area contributed by atoms with Gasteiger partial charge in [0.1, 0.15) is 11.4 Å². The third-order valence-corrected chi connectivity index (χ3v) is 5.24. The molecule has 2 atom stereocenters. The molecule has 25 heavy (non-hydrogen) atoms. The quantitative estimate of drug-likeness (QED) is 0.884. The van der Waals surface area contributed by atoms with Crippen LogP contribution in [-0.2, 0) is 14.3 Å². The molecule has 136 valence electrons. The Morgan fingerprint density at radius 2 is 2.28 bits per heavy atom. The lowest BCUT2D eigenvalue weighted by Gasteiger charge is -2.31. The number of carbonyl (C=O) groups excluding carboxylic acids is 1. The highest BCUT2D eigenvalue weighted by Gasteiger charge is 2.45. The monoisotopic (exact) mass is 346 g/mol. The SMILES string of the molecule is Cc1ccc(NC[C@@H]2CO[C@@]3(COCCN(C(=O)C4CC4)C3)C2)nn1. The first-order chi connectivity index (χ1) is 12.1. The van der Waals surface area contributed by atoms with Crippen molar-refractivity contribution in [3.8, 4) is 0 Å². The minimum absolute atomic E-state index is 0.245. The summed E-state index contributed by atoms with van der Waals surface area (Å²) in [4.78, 5) is 14.4. The second-order valence-corrected chi connectivity index (χ2v) is 7.59. The molecule has 0 radical (unpaired) electrons. The van der Waals surface area contributed by atoms with E-state index in [4.69, 9.17) is 9.47 Å². The van der Waals surface area contributed by atoms with Gasteiger partial charge in [0, 0.05) is 24.9 Å². The van der Waals surface area contributed by atoms with Crippen LogP contribution in [0.2, 0.25) is 0 Å². The number of ether oxygens (including phenoxy) is 2. The third-order valence-electron chi connectivity index (χ3n) is 5.24. The summed E-state index contributed by atoms with van der Waals surface area (Å²) < 4.78 is 11.9. The topological polar surface area (TPSA) is 76.6 Å². The molecule has 7 nitrogen and oxygen atoms in total. The van der Waals surface area contributed by atoms with Crippen molar-refractivity contribution in [1.29, 1.82) is 0 Å². The average molecular weight is 346 g/mol. The standard InChI is InChI=1S/C18H26N4O3/c1-13-2-5-16(21-20-13)19-9-14-8-18(25-10-14)11-22(6-7-24-12-18)17(23)15-3-4-15/h2,5,14-15H,3-4,6-12H2,1H3,(H,19,21)/t14-,18+/m1/s1. The van der Waals surface area contributed by atoms with Gasteiger partial charge in [-0.15, -0.1) is 5.10 Å². The Morgan fingerprint density at radius 1 is 1.40 bits per heavy atom. The number of hydrogen-bond acceptors (Lipinski definition) is 6. The molecule has 1 amide bonds. The van der Waals surface area contributed by atoms with Crippen LogP contribution in [0.15, 0.2) is 12.1 Å². The summed E-state index contributed by atoms with van der Waals surface area (Å²) >= 11 is 0. The zero-order chi connectivity index (χ0) is 17.3. The number of anilines is 1. The summed E-state index contributed by atoms with van der Waals surface area (Å²) in [7, 11) is 0. The van der Waals surface area contributed by atoms with Gasteiger partial charge in [-0.2, -0.15) is 5.10 Å². The summed E-state index contributed by atoms with van der Waals surface area (Å²) in [5.74, 6) is 1.69. The van der Waals surface area contributed by atoms with Gasteiger partial charge in [0.2, 0.25) is 5.91 Å². The zero-order valence-electron chi connectivity index (χ0n) is 14.7. The Labute approximate surface area is 148 Å². The van der Waals surface area contributed by atoms with Crippen LogP contribution >= 0.6 is 0 Å². The molecule has 1 aromatic heterocycles. The maximum atomic E-state index is 12.5. The first kappa shape index (κ1) is 16.7. The van der Waals surface area contributed by atoms with Crippen LogP contribution in [-0.4, -0.2) is 66.1 Å². The van der Waals surface area contributed by atoms with E-state index in [9.17, 15) is 4.79 Å². The van der Waals surface area contributed by atoms with Crippen LogP contribution < -0.4 is 5.32 Å². The van der Waals surface area contributed by atoms with Crippen molar-refractivity contribution < 1.29 is 14.3 Å². The number of aryl methyl sites for hydroxylation is 1. The second kappa shape index (κ2) is 6.88. The van der Waals surface area contributed by atoms with Crippen LogP contribution in [0.3, 0.4) is 0 Å². The smallest absolute Gasteiger partial charge is 0.225 e. The van der Waals surface area contributed by atoms with E-state index < -0.39 is 0 Å². The van der Waals surface area contributed by atoms with Gasteiger partial charge >= 0.3 is 0 Å². The number of rotatable bonds is 4. The minimum Gasteiger partial charge on any atom is -0.377 e. The first-order valence-electron chi connectivity index (χ1n) is 9.18. The normalized spacial score (nSPS) is 29.6. The molecule has 3 fully saturated rings. The number of nitrogens with zero attached hydrogens (tertiary/aromatic N) is 3. The summed E-state index contributed by atoms with van der Waals surface area (Å²) in [6, 6.07) is 3.89. The molecule has 0 unspecified atom stereocenters. The van der Waals surface area contributed by atoms with Gasteiger partial charge in [0.25, 0.3) is 0 Å². The molecule has 0 bridgehead atoms. The predicted octanol–water partition coefficient (Wildman–Crippen LogP) is 1.24. The molecular formula is C18H26N4O3. The van der Waals surface area contributed by atoms with Gasteiger partial charge < -0.3 is 19.7 Å². The largest absolute Gasteiger partial charge is 0.377 e. The van der Waals surface area contributed by atoms with Crippen LogP contribution in [0.25, 0.3) is 0 Å². The summed E-state index contributed by atoms with van der Waals surface area (Å²) in [5.41, 5.74) is 0.552.